The highest BCUT2D eigenvalue weighted by Gasteiger charge is 2.32. The third-order valence-electron chi connectivity index (χ3n) is 4.23. The first kappa shape index (κ1) is 23.0. The van der Waals surface area contributed by atoms with Crippen LogP contribution in [0.3, 0.4) is 0 Å². The van der Waals surface area contributed by atoms with E-state index < -0.39 is 22.0 Å². The van der Waals surface area contributed by atoms with E-state index >= 15 is 0 Å². The summed E-state index contributed by atoms with van der Waals surface area (Å²) in [6.45, 7) is 7.40. The number of rotatable bonds is 8. The molecule has 0 heterocycles. The Kier molecular flexibility index (Phi) is 7.54. The van der Waals surface area contributed by atoms with E-state index in [1.807, 2.05) is 13.8 Å². The Balaban J connectivity index is 2.32. The highest BCUT2D eigenvalue weighted by Crippen LogP contribution is 2.29. The molecule has 8 heteroatoms. The lowest BCUT2D eigenvalue weighted by atomic mass is 10.1. The van der Waals surface area contributed by atoms with E-state index in [9.17, 15) is 13.2 Å². The van der Waals surface area contributed by atoms with Crippen molar-refractivity contribution in [2.24, 2.45) is 0 Å². The SMILES string of the molecule is CC[C@H](C(=O)Nc1ccc(OC(C)C)cc1)N(c1cc(Cl)ccc1C)S(C)(=O)=O. The Morgan fingerprint density at radius 1 is 1.17 bits per heavy atom. The molecule has 1 atom stereocenters. The van der Waals surface area contributed by atoms with Crippen LogP contribution in [0.5, 0.6) is 5.75 Å². The normalized spacial score (nSPS) is 12.5. The Morgan fingerprint density at radius 2 is 1.79 bits per heavy atom. The lowest BCUT2D eigenvalue weighted by molar-refractivity contribution is -0.117. The van der Waals surface area contributed by atoms with Crippen LogP contribution in [0.4, 0.5) is 11.4 Å². The van der Waals surface area contributed by atoms with Gasteiger partial charge in [0.2, 0.25) is 15.9 Å². The van der Waals surface area contributed by atoms with E-state index in [-0.39, 0.29) is 6.10 Å². The molecule has 0 aliphatic rings. The second-order valence-corrected chi connectivity index (χ2v) is 9.39. The molecule has 0 bridgehead atoms. The topological polar surface area (TPSA) is 75.7 Å². The van der Waals surface area contributed by atoms with Gasteiger partial charge in [-0.2, -0.15) is 0 Å². The number of hydrogen-bond acceptors (Lipinski definition) is 4. The molecule has 2 rings (SSSR count). The quantitative estimate of drug-likeness (QED) is 0.652. The molecule has 0 unspecified atom stereocenters. The summed E-state index contributed by atoms with van der Waals surface area (Å²) < 4.78 is 31.9. The summed E-state index contributed by atoms with van der Waals surface area (Å²) in [5.74, 6) is 0.271. The van der Waals surface area contributed by atoms with Crippen LogP contribution in [-0.2, 0) is 14.8 Å². The summed E-state index contributed by atoms with van der Waals surface area (Å²) >= 11 is 6.09. The van der Waals surface area contributed by atoms with E-state index in [1.165, 1.54) is 0 Å². The number of amides is 1. The molecule has 1 amide bonds. The average Bonchev–Trinajstić information content (AvgIpc) is 2.62. The predicted molar refractivity (Wildman–Crippen MR) is 118 cm³/mol. The summed E-state index contributed by atoms with van der Waals surface area (Å²) in [5.41, 5.74) is 1.66. The second kappa shape index (κ2) is 9.50. The first-order valence-corrected chi connectivity index (χ1v) is 11.6. The van der Waals surface area contributed by atoms with Gasteiger partial charge in [-0.25, -0.2) is 8.42 Å². The minimum atomic E-state index is -3.73. The summed E-state index contributed by atoms with van der Waals surface area (Å²) in [6, 6.07) is 11.0. The standard InChI is InChI=1S/C21H27ClN2O4S/c1-6-19(21(25)23-17-9-11-18(12-10-17)28-14(2)3)24(29(5,26)27)20-13-16(22)8-7-15(20)4/h7-14,19H,6H2,1-5H3,(H,23,25)/t19-/m1/s1. The van der Waals surface area contributed by atoms with Crippen molar-refractivity contribution in [3.8, 4) is 5.75 Å². The van der Waals surface area contributed by atoms with Crippen molar-refractivity contribution < 1.29 is 17.9 Å². The maximum absolute atomic E-state index is 13.0. The molecule has 158 valence electrons. The van der Waals surface area contributed by atoms with E-state index in [0.717, 1.165) is 10.6 Å². The third kappa shape index (κ3) is 6.11. The van der Waals surface area contributed by atoms with Gasteiger partial charge in [0.05, 0.1) is 18.0 Å². The molecule has 0 aromatic heterocycles. The maximum atomic E-state index is 13.0. The smallest absolute Gasteiger partial charge is 0.248 e. The van der Waals surface area contributed by atoms with Gasteiger partial charge in [-0.1, -0.05) is 24.6 Å². The van der Waals surface area contributed by atoms with Crippen LogP contribution in [0.2, 0.25) is 5.02 Å². The Morgan fingerprint density at radius 3 is 2.31 bits per heavy atom. The Labute approximate surface area is 177 Å². The predicted octanol–water partition coefficient (Wildman–Crippen LogP) is 4.62. The number of halogens is 1. The highest BCUT2D eigenvalue weighted by molar-refractivity contribution is 7.92. The lowest BCUT2D eigenvalue weighted by Gasteiger charge is -2.31. The summed E-state index contributed by atoms with van der Waals surface area (Å²) in [7, 11) is -3.73. The van der Waals surface area contributed by atoms with Gasteiger partial charge in [0.25, 0.3) is 0 Å². The van der Waals surface area contributed by atoms with Gasteiger partial charge in [-0.05, 0) is 69.2 Å². The zero-order valence-corrected chi connectivity index (χ0v) is 18.8. The maximum Gasteiger partial charge on any atom is 0.248 e. The average molecular weight is 439 g/mol. The number of nitrogens with one attached hydrogen (secondary N) is 1. The molecule has 0 saturated heterocycles. The van der Waals surface area contributed by atoms with Crippen LogP contribution < -0.4 is 14.4 Å². The summed E-state index contributed by atoms with van der Waals surface area (Å²) in [4.78, 5) is 13.0. The van der Waals surface area contributed by atoms with Crippen LogP contribution in [0.25, 0.3) is 0 Å². The molecule has 0 aliphatic heterocycles. The monoisotopic (exact) mass is 438 g/mol. The number of anilines is 2. The van der Waals surface area contributed by atoms with Crippen LogP contribution in [0, 0.1) is 6.92 Å². The van der Waals surface area contributed by atoms with Crippen molar-refractivity contribution in [2.45, 2.75) is 46.3 Å². The van der Waals surface area contributed by atoms with Gasteiger partial charge < -0.3 is 10.1 Å². The van der Waals surface area contributed by atoms with Crippen LogP contribution in [0.1, 0.15) is 32.8 Å². The number of aryl methyl sites for hydroxylation is 1. The minimum Gasteiger partial charge on any atom is -0.491 e. The van der Waals surface area contributed by atoms with Crippen molar-refractivity contribution in [3.05, 3.63) is 53.1 Å². The van der Waals surface area contributed by atoms with E-state index in [4.69, 9.17) is 16.3 Å². The molecule has 6 nitrogen and oxygen atoms in total. The minimum absolute atomic E-state index is 0.0455. The molecule has 0 spiro atoms. The van der Waals surface area contributed by atoms with Gasteiger partial charge in [-0.3, -0.25) is 9.10 Å². The van der Waals surface area contributed by atoms with Gasteiger partial charge >= 0.3 is 0 Å². The number of carbonyl (C=O) groups is 1. The Bertz CT molecular complexity index is 959. The molecular formula is C21H27ClN2O4S. The molecule has 0 saturated carbocycles. The largest absolute Gasteiger partial charge is 0.491 e. The summed E-state index contributed by atoms with van der Waals surface area (Å²) in [5, 5.41) is 3.19. The molecule has 2 aromatic rings. The molecular weight excluding hydrogens is 412 g/mol. The van der Waals surface area contributed by atoms with Crippen LogP contribution in [0.15, 0.2) is 42.5 Å². The molecule has 0 radical (unpaired) electrons. The van der Waals surface area contributed by atoms with Crippen molar-refractivity contribution in [2.75, 3.05) is 15.9 Å². The highest BCUT2D eigenvalue weighted by atomic mass is 35.5. The second-order valence-electron chi connectivity index (χ2n) is 7.09. The summed E-state index contributed by atoms with van der Waals surface area (Å²) in [6.07, 6.45) is 1.42. The number of carbonyl (C=O) groups excluding carboxylic acids is 1. The van der Waals surface area contributed by atoms with Crippen LogP contribution in [-0.4, -0.2) is 32.7 Å². The van der Waals surface area contributed by atoms with E-state index in [0.29, 0.717) is 34.1 Å². The van der Waals surface area contributed by atoms with Gasteiger partial charge in [0.15, 0.2) is 0 Å². The van der Waals surface area contributed by atoms with Gasteiger partial charge in [0, 0.05) is 10.7 Å². The fraction of sp³-hybridized carbons (Fsp3) is 0.381. The number of ether oxygens (including phenoxy) is 1. The van der Waals surface area contributed by atoms with Crippen LogP contribution >= 0.6 is 11.6 Å². The van der Waals surface area contributed by atoms with Gasteiger partial charge in [-0.15, -0.1) is 0 Å². The first-order valence-electron chi connectivity index (χ1n) is 9.36. The first-order chi connectivity index (χ1) is 13.5. The fourth-order valence-electron chi connectivity index (χ4n) is 2.97. The number of hydrogen-bond donors (Lipinski definition) is 1. The van der Waals surface area contributed by atoms with E-state index in [2.05, 4.69) is 5.32 Å². The number of benzene rings is 2. The van der Waals surface area contributed by atoms with Crippen molar-refractivity contribution in [1.29, 1.82) is 0 Å². The van der Waals surface area contributed by atoms with Crippen molar-refractivity contribution in [3.63, 3.8) is 0 Å². The molecule has 0 fully saturated rings. The molecule has 0 aliphatic carbocycles. The number of sulfonamides is 1. The molecule has 29 heavy (non-hydrogen) atoms. The molecule has 1 N–H and O–H groups in total. The fourth-order valence-corrected chi connectivity index (χ4v) is 4.40. The van der Waals surface area contributed by atoms with Crippen molar-refractivity contribution in [1.82, 2.24) is 0 Å². The zero-order valence-electron chi connectivity index (χ0n) is 17.3. The van der Waals surface area contributed by atoms with Crippen molar-refractivity contribution >= 4 is 38.9 Å². The Hall–Kier alpha value is -2.25. The third-order valence-corrected chi connectivity index (χ3v) is 5.63. The number of nitrogens with zero attached hydrogens (tertiary/aromatic N) is 1. The molecule has 2 aromatic carbocycles. The van der Waals surface area contributed by atoms with Gasteiger partial charge in [0.1, 0.15) is 11.8 Å². The zero-order chi connectivity index (χ0) is 21.8. The van der Waals surface area contributed by atoms with E-state index in [1.54, 1.807) is 56.3 Å². The lowest BCUT2D eigenvalue weighted by Crippen LogP contribution is -2.47.